The third-order valence-electron chi connectivity index (χ3n) is 4.64. The molecule has 13 nitrogen and oxygen atoms in total. The second-order valence-corrected chi connectivity index (χ2v) is 8.52. The van der Waals surface area contributed by atoms with Crippen LogP contribution in [0, 0.1) is 5.41 Å². The van der Waals surface area contributed by atoms with Gasteiger partial charge in [0.25, 0.3) is 0 Å². The minimum absolute atomic E-state index is 0.0101. The Labute approximate surface area is 185 Å². The van der Waals surface area contributed by atoms with E-state index in [9.17, 15) is 39.3 Å². The number of carboxylic acid groups (broad SMARTS) is 5. The van der Waals surface area contributed by atoms with Crippen LogP contribution in [0.4, 0.5) is 0 Å². The maximum Gasteiger partial charge on any atom is 0.317 e. The van der Waals surface area contributed by atoms with Gasteiger partial charge < -0.3 is 25.5 Å². The molecular weight excluding hydrogens is 430 g/mol. The van der Waals surface area contributed by atoms with E-state index in [2.05, 4.69) is 0 Å². The lowest BCUT2D eigenvalue weighted by atomic mass is 9.85. The van der Waals surface area contributed by atoms with Gasteiger partial charge in [-0.3, -0.25) is 38.7 Å². The molecule has 5 N–H and O–H groups in total. The van der Waals surface area contributed by atoms with E-state index in [-0.39, 0.29) is 32.6 Å². The summed E-state index contributed by atoms with van der Waals surface area (Å²) in [6.45, 7) is 3.41. The van der Waals surface area contributed by atoms with Crippen molar-refractivity contribution in [3.8, 4) is 0 Å². The van der Waals surface area contributed by atoms with Gasteiger partial charge in [0, 0.05) is 32.2 Å². The maximum absolute atomic E-state index is 11.4. The van der Waals surface area contributed by atoms with Gasteiger partial charge in [-0.05, 0) is 5.41 Å². The lowest BCUT2D eigenvalue weighted by Gasteiger charge is -2.41. The van der Waals surface area contributed by atoms with Gasteiger partial charge in [-0.2, -0.15) is 0 Å². The van der Waals surface area contributed by atoms with Gasteiger partial charge in [-0.15, -0.1) is 0 Å². The number of nitrogens with zero attached hydrogens (tertiary/aromatic N) is 3. The largest absolute Gasteiger partial charge is 0.481 e. The van der Waals surface area contributed by atoms with Gasteiger partial charge in [0.1, 0.15) is 0 Å². The minimum Gasteiger partial charge on any atom is -0.481 e. The highest BCUT2D eigenvalue weighted by Gasteiger charge is 2.34. The smallest absolute Gasteiger partial charge is 0.317 e. The highest BCUT2D eigenvalue weighted by molar-refractivity contribution is 5.73. The number of hydrogen-bond donors (Lipinski definition) is 5. The van der Waals surface area contributed by atoms with Crippen molar-refractivity contribution < 1.29 is 49.5 Å². The van der Waals surface area contributed by atoms with Gasteiger partial charge in [0.15, 0.2) is 0 Å². The van der Waals surface area contributed by atoms with Gasteiger partial charge in [0.2, 0.25) is 0 Å². The number of aliphatic carboxylic acids is 5. The molecule has 0 aliphatic carbocycles. The van der Waals surface area contributed by atoms with Gasteiger partial charge >= 0.3 is 29.8 Å². The first-order valence-electron chi connectivity index (χ1n) is 9.89. The summed E-state index contributed by atoms with van der Waals surface area (Å²) in [4.78, 5) is 59.9. The topological polar surface area (TPSA) is 196 Å². The third kappa shape index (κ3) is 13.5. The van der Waals surface area contributed by atoms with Crippen LogP contribution in [0.3, 0.4) is 0 Å². The van der Waals surface area contributed by atoms with Crippen LogP contribution in [0.2, 0.25) is 0 Å². The van der Waals surface area contributed by atoms with E-state index >= 15 is 0 Å². The molecule has 0 radical (unpaired) electrons. The highest BCUT2D eigenvalue weighted by atomic mass is 16.4. The Morgan fingerprint density at radius 2 is 1.03 bits per heavy atom. The van der Waals surface area contributed by atoms with E-state index in [1.807, 2.05) is 0 Å². The molecular formula is C19H33N3O10. The molecule has 0 bridgehead atoms. The molecule has 0 saturated carbocycles. The average molecular weight is 463 g/mol. The van der Waals surface area contributed by atoms with Crippen LogP contribution >= 0.6 is 0 Å². The number of carboxylic acids is 5. The molecule has 0 spiro atoms. The summed E-state index contributed by atoms with van der Waals surface area (Å²) in [5.41, 5.74) is -0.619. The SMILES string of the molecule is CC(C)(C)C(CN(CCN(CCC(=O)O)CC(=O)O)CC(=O)O)N(CC(=O)O)CC(=O)O. The van der Waals surface area contributed by atoms with Crippen molar-refractivity contribution in [2.24, 2.45) is 5.41 Å². The Hall–Kier alpha value is -2.77. The van der Waals surface area contributed by atoms with Crippen LogP contribution in [-0.4, -0.2) is 128 Å². The van der Waals surface area contributed by atoms with Gasteiger partial charge in [-0.25, -0.2) is 0 Å². The van der Waals surface area contributed by atoms with E-state index in [0.29, 0.717) is 0 Å². The Kier molecular flexibility index (Phi) is 12.4. The Morgan fingerprint density at radius 3 is 1.41 bits per heavy atom. The normalized spacial score (nSPS) is 12.8. The maximum atomic E-state index is 11.4. The van der Waals surface area contributed by atoms with Crippen molar-refractivity contribution in [2.45, 2.75) is 33.2 Å². The van der Waals surface area contributed by atoms with Crippen molar-refractivity contribution in [3.63, 3.8) is 0 Å². The van der Waals surface area contributed by atoms with Gasteiger partial charge in [0.05, 0.1) is 32.6 Å². The molecule has 0 saturated heterocycles. The minimum atomic E-state index is -1.23. The third-order valence-corrected chi connectivity index (χ3v) is 4.64. The van der Waals surface area contributed by atoms with Crippen LogP contribution in [0.1, 0.15) is 27.2 Å². The van der Waals surface area contributed by atoms with Crippen LogP contribution in [0.25, 0.3) is 0 Å². The van der Waals surface area contributed by atoms with Crippen molar-refractivity contribution in [1.29, 1.82) is 0 Å². The molecule has 0 fully saturated rings. The zero-order valence-corrected chi connectivity index (χ0v) is 18.6. The molecule has 0 aromatic heterocycles. The number of carbonyl (C=O) groups is 5. The predicted octanol–water partition coefficient (Wildman–Crippen LogP) is -0.880. The van der Waals surface area contributed by atoms with Crippen molar-refractivity contribution in [2.75, 3.05) is 52.4 Å². The number of hydrogen-bond acceptors (Lipinski definition) is 8. The molecule has 0 heterocycles. The predicted molar refractivity (Wildman–Crippen MR) is 110 cm³/mol. The Balaban J connectivity index is 5.62. The first-order valence-corrected chi connectivity index (χ1v) is 9.89. The highest BCUT2D eigenvalue weighted by Crippen LogP contribution is 2.25. The first-order chi connectivity index (χ1) is 14.6. The standard InChI is InChI=1S/C19H33N3O10/c1-19(2,3)13(22(11-17(29)30)12-18(31)32)8-21(10-16(27)28)7-6-20(9-15(25)26)5-4-14(23)24/h13H,4-12H2,1-3H3,(H,23,24)(H,25,26)(H,27,28)(H,29,30)(H,31,32). The summed E-state index contributed by atoms with van der Waals surface area (Å²) < 4.78 is 0. The molecule has 0 aromatic rings. The number of rotatable bonds is 17. The zero-order chi connectivity index (χ0) is 25.1. The molecule has 1 atom stereocenters. The first kappa shape index (κ1) is 29.2. The summed E-state index contributed by atoms with van der Waals surface area (Å²) in [5, 5.41) is 45.6. The van der Waals surface area contributed by atoms with Crippen molar-refractivity contribution in [1.82, 2.24) is 14.7 Å². The molecule has 13 heteroatoms. The summed E-state index contributed by atoms with van der Waals surface area (Å²) in [6.07, 6.45) is -0.290. The van der Waals surface area contributed by atoms with Gasteiger partial charge in [-0.1, -0.05) is 20.8 Å². The van der Waals surface area contributed by atoms with E-state index < -0.39 is 67.5 Å². The quantitative estimate of drug-likeness (QED) is 0.178. The lowest BCUT2D eigenvalue weighted by Crippen LogP contribution is -2.55. The Morgan fingerprint density at radius 1 is 0.625 bits per heavy atom. The lowest BCUT2D eigenvalue weighted by molar-refractivity contribution is -0.146. The molecule has 1 unspecified atom stereocenters. The van der Waals surface area contributed by atoms with Crippen molar-refractivity contribution in [3.05, 3.63) is 0 Å². The zero-order valence-electron chi connectivity index (χ0n) is 18.6. The molecule has 0 aromatic carbocycles. The fraction of sp³-hybridized carbons (Fsp3) is 0.737. The molecule has 0 aliphatic rings. The van der Waals surface area contributed by atoms with E-state index in [4.69, 9.17) is 10.2 Å². The van der Waals surface area contributed by atoms with E-state index in [0.717, 1.165) is 0 Å². The molecule has 32 heavy (non-hydrogen) atoms. The fourth-order valence-corrected chi connectivity index (χ4v) is 3.23. The Bertz CT molecular complexity index is 661. The van der Waals surface area contributed by atoms with E-state index in [1.54, 1.807) is 20.8 Å². The summed E-state index contributed by atoms with van der Waals surface area (Å²) in [7, 11) is 0. The van der Waals surface area contributed by atoms with E-state index in [1.165, 1.54) is 14.7 Å². The fourth-order valence-electron chi connectivity index (χ4n) is 3.23. The second-order valence-electron chi connectivity index (χ2n) is 8.52. The molecule has 0 aliphatic heterocycles. The van der Waals surface area contributed by atoms with Crippen molar-refractivity contribution >= 4 is 29.8 Å². The second kappa shape index (κ2) is 13.6. The summed E-state index contributed by atoms with van der Waals surface area (Å²) in [5.74, 6) is -5.90. The molecule has 0 rings (SSSR count). The molecule has 0 amide bonds. The monoisotopic (exact) mass is 463 g/mol. The van der Waals surface area contributed by atoms with Crippen LogP contribution < -0.4 is 0 Å². The molecule has 184 valence electrons. The van der Waals surface area contributed by atoms with Crippen LogP contribution in [0.15, 0.2) is 0 Å². The summed E-state index contributed by atoms with van der Waals surface area (Å²) in [6, 6.07) is -0.652. The summed E-state index contributed by atoms with van der Waals surface area (Å²) >= 11 is 0. The van der Waals surface area contributed by atoms with Crippen LogP contribution in [0.5, 0.6) is 0 Å². The average Bonchev–Trinajstić information content (AvgIpc) is 2.58. The van der Waals surface area contributed by atoms with Crippen LogP contribution in [-0.2, 0) is 24.0 Å².